The van der Waals surface area contributed by atoms with Crippen molar-refractivity contribution in [2.24, 2.45) is 0 Å². The van der Waals surface area contributed by atoms with Gasteiger partial charge in [-0.05, 0) is 35.7 Å². The monoisotopic (exact) mass is 345 g/mol. The van der Waals surface area contributed by atoms with Crippen molar-refractivity contribution in [2.45, 2.75) is 12.3 Å². The summed E-state index contributed by atoms with van der Waals surface area (Å²) >= 11 is 3.29. The van der Waals surface area contributed by atoms with Gasteiger partial charge in [0.2, 0.25) is 5.91 Å². The molecule has 0 fully saturated rings. The van der Waals surface area contributed by atoms with Gasteiger partial charge in [-0.1, -0.05) is 40.2 Å². The zero-order valence-electron chi connectivity index (χ0n) is 11.0. The van der Waals surface area contributed by atoms with Gasteiger partial charge in [0.25, 0.3) is 0 Å². The first-order chi connectivity index (χ1) is 10.1. The van der Waals surface area contributed by atoms with Crippen LogP contribution < -0.4 is 5.32 Å². The highest BCUT2D eigenvalue weighted by molar-refractivity contribution is 9.10. The number of anilines is 1. The van der Waals surface area contributed by atoms with E-state index in [1.54, 1.807) is 12.1 Å². The number of halogens is 1. The summed E-state index contributed by atoms with van der Waals surface area (Å²) in [5.41, 5.74) is 2.58. The second-order valence-corrected chi connectivity index (χ2v) is 5.86. The van der Waals surface area contributed by atoms with Crippen LogP contribution in [0.4, 0.5) is 5.69 Å². The van der Waals surface area contributed by atoms with Gasteiger partial charge in [-0.25, -0.2) is 4.79 Å². The molecule has 2 aromatic carbocycles. The minimum Gasteiger partial charge on any atom is -0.478 e. The minimum absolute atomic E-state index is 0.0826. The fourth-order valence-electron chi connectivity index (χ4n) is 2.52. The number of aromatic carboxylic acids is 1. The summed E-state index contributed by atoms with van der Waals surface area (Å²) in [6, 6.07) is 12.5. The molecule has 0 aliphatic heterocycles. The normalized spacial score (nSPS) is 15.8. The summed E-state index contributed by atoms with van der Waals surface area (Å²) in [7, 11) is 0. The topological polar surface area (TPSA) is 66.4 Å². The first kappa shape index (κ1) is 13.8. The molecular formula is C16H12BrNO3. The standard InChI is InChI=1S/C16H12BrNO3/c17-10-5-6-12(16(20)21)14(8-10)18-15(19)13-7-9-3-1-2-4-11(9)13/h1-6,8,13H,7H2,(H,18,19)(H,20,21). The molecule has 1 atom stereocenters. The number of fused-ring (bicyclic) bond motifs is 1. The van der Waals surface area contributed by atoms with E-state index in [4.69, 9.17) is 0 Å². The van der Waals surface area contributed by atoms with Crippen LogP contribution in [0.2, 0.25) is 0 Å². The van der Waals surface area contributed by atoms with Crippen molar-refractivity contribution in [1.82, 2.24) is 0 Å². The Morgan fingerprint density at radius 3 is 2.67 bits per heavy atom. The largest absolute Gasteiger partial charge is 0.478 e. The molecule has 0 radical (unpaired) electrons. The molecule has 0 saturated heterocycles. The average molecular weight is 346 g/mol. The Morgan fingerprint density at radius 1 is 1.19 bits per heavy atom. The summed E-state index contributed by atoms with van der Waals surface area (Å²) < 4.78 is 0.719. The molecule has 0 spiro atoms. The Bertz CT molecular complexity index is 742. The predicted molar refractivity (Wildman–Crippen MR) is 82.6 cm³/mol. The van der Waals surface area contributed by atoms with E-state index in [0.717, 1.165) is 10.0 Å². The molecule has 1 aliphatic carbocycles. The third kappa shape index (κ3) is 2.56. The number of carbonyl (C=O) groups excluding carboxylic acids is 1. The van der Waals surface area contributed by atoms with E-state index in [-0.39, 0.29) is 17.4 Å². The average Bonchev–Trinajstić information content (AvgIpc) is 2.40. The van der Waals surface area contributed by atoms with Crippen molar-refractivity contribution in [3.8, 4) is 0 Å². The smallest absolute Gasteiger partial charge is 0.337 e. The highest BCUT2D eigenvalue weighted by atomic mass is 79.9. The van der Waals surface area contributed by atoms with E-state index >= 15 is 0 Å². The molecule has 1 unspecified atom stereocenters. The Morgan fingerprint density at radius 2 is 1.95 bits per heavy atom. The molecule has 1 aliphatic rings. The lowest BCUT2D eigenvalue weighted by Gasteiger charge is -2.29. The Hall–Kier alpha value is -2.14. The van der Waals surface area contributed by atoms with Crippen LogP contribution in [0.25, 0.3) is 0 Å². The predicted octanol–water partition coefficient (Wildman–Crippen LogP) is 3.43. The number of hydrogen-bond donors (Lipinski definition) is 2. The van der Waals surface area contributed by atoms with Gasteiger partial charge in [0.15, 0.2) is 0 Å². The number of benzene rings is 2. The Labute approximate surface area is 129 Å². The summed E-state index contributed by atoms with van der Waals surface area (Å²) in [5, 5.41) is 11.9. The number of carboxylic acid groups (broad SMARTS) is 1. The number of hydrogen-bond acceptors (Lipinski definition) is 2. The third-order valence-corrected chi connectivity index (χ3v) is 4.13. The van der Waals surface area contributed by atoms with E-state index in [1.807, 2.05) is 24.3 Å². The minimum atomic E-state index is -1.06. The van der Waals surface area contributed by atoms with Crippen LogP contribution in [0.15, 0.2) is 46.9 Å². The van der Waals surface area contributed by atoms with E-state index in [9.17, 15) is 14.7 Å². The lowest BCUT2D eigenvalue weighted by atomic mass is 9.77. The molecular weight excluding hydrogens is 334 g/mol. The summed E-state index contributed by atoms with van der Waals surface area (Å²) in [4.78, 5) is 23.5. The summed E-state index contributed by atoms with van der Waals surface area (Å²) in [5.74, 6) is -1.44. The lowest BCUT2D eigenvalue weighted by molar-refractivity contribution is -0.118. The highest BCUT2D eigenvalue weighted by Crippen LogP contribution is 2.36. The van der Waals surface area contributed by atoms with Crippen molar-refractivity contribution in [2.75, 3.05) is 5.32 Å². The maximum absolute atomic E-state index is 12.3. The molecule has 0 bridgehead atoms. The van der Waals surface area contributed by atoms with Crippen molar-refractivity contribution in [3.05, 3.63) is 63.6 Å². The van der Waals surface area contributed by atoms with Gasteiger partial charge >= 0.3 is 5.97 Å². The first-order valence-corrected chi connectivity index (χ1v) is 7.27. The maximum Gasteiger partial charge on any atom is 0.337 e. The number of rotatable bonds is 3. The van der Waals surface area contributed by atoms with E-state index in [1.165, 1.54) is 11.6 Å². The van der Waals surface area contributed by atoms with Gasteiger partial charge in [-0.3, -0.25) is 4.79 Å². The lowest BCUT2D eigenvalue weighted by Crippen LogP contribution is -2.30. The van der Waals surface area contributed by atoms with E-state index in [2.05, 4.69) is 21.2 Å². The van der Waals surface area contributed by atoms with Crippen LogP contribution >= 0.6 is 15.9 Å². The fraction of sp³-hybridized carbons (Fsp3) is 0.125. The van der Waals surface area contributed by atoms with Gasteiger partial charge in [0, 0.05) is 4.47 Å². The molecule has 0 heterocycles. The van der Waals surface area contributed by atoms with Crippen LogP contribution in [0, 0.1) is 0 Å². The second kappa shape index (κ2) is 5.33. The van der Waals surface area contributed by atoms with Crippen LogP contribution in [0.1, 0.15) is 27.4 Å². The molecule has 2 N–H and O–H groups in total. The van der Waals surface area contributed by atoms with Gasteiger partial charge in [-0.2, -0.15) is 0 Å². The van der Waals surface area contributed by atoms with Crippen molar-refractivity contribution >= 4 is 33.5 Å². The van der Waals surface area contributed by atoms with Crippen LogP contribution in [0.3, 0.4) is 0 Å². The second-order valence-electron chi connectivity index (χ2n) is 4.94. The van der Waals surface area contributed by atoms with E-state index < -0.39 is 5.97 Å². The molecule has 106 valence electrons. The molecule has 21 heavy (non-hydrogen) atoms. The summed E-state index contributed by atoms with van der Waals surface area (Å²) in [6.07, 6.45) is 0.693. The van der Waals surface area contributed by atoms with Gasteiger partial charge in [-0.15, -0.1) is 0 Å². The molecule has 0 aromatic heterocycles. The number of carboxylic acids is 1. The van der Waals surface area contributed by atoms with Crippen LogP contribution in [0.5, 0.6) is 0 Å². The quantitative estimate of drug-likeness (QED) is 0.895. The number of nitrogens with one attached hydrogen (secondary N) is 1. The molecule has 0 saturated carbocycles. The maximum atomic E-state index is 12.3. The van der Waals surface area contributed by atoms with Crippen molar-refractivity contribution in [3.63, 3.8) is 0 Å². The molecule has 3 rings (SSSR count). The van der Waals surface area contributed by atoms with Crippen molar-refractivity contribution in [1.29, 1.82) is 0 Å². The van der Waals surface area contributed by atoms with Gasteiger partial charge < -0.3 is 10.4 Å². The molecule has 4 nitrogen and oxygen atoms in total. The van der Waals surface area contributed by atoms with E-state index in [0.29, 0.717) is 12.1 Å². The Kier molecular flexibility index (Phi) is 3.51. The van der Waals surface area contributed by atoms with Crippen LogP contribution in [-0.2, 0) is 11.2 Å². The highest BCUT2D eigenvalue weighted by Gasteiger charge is 2.32. The van der Waals surface area contributed by atoms with Crippen LogP contribution in [-0.4, -0.2) is 17.0 Å². The molecule has 1 amide bonds. The SMILES string of the molecule is O=C(O)c1ccc(Br)cc1NC(=O)C1Cc2ccccc21. The fourth-order valence-corrected chi connectivity index (χ4v) is 2.88. The molecule has 2 aromatic rings. The van der Waals surface area contributed by atoms with Gasteiger partial charge in [0.05, 0.1) is 17.2 Å². The third-order valence-electron chi connectivity index (χ3n) is 3.64. The van der Waals surface area contributed by atoms with Crippen molar-refractivity contribution < 1.29 is 14.7 Å². The zero-order chi connectivity index (χ0) is 15.0. The number of amides is 1. The molecule has 5 heteroatoms. The first-order valence-electron chi connectivity index (χ1n) is 6.48. The van der Waals surface area contributed by atoms with Gasteiger partial charge in [0.1, 0.15) is 0 Å². The number of carbonyl (C=O) groups is 2. The summed E-state index contributed by atoms with van der Waals surface area (Å²) in [6.45, 7) is 0. The zero-order valence-corrected chi connectivity index (χ0v) is 12.6. The Balaban J connectivity index is 1.84.